The van der Waals surface area contributed by atoms with Gasteiger partial charge < -0.3 is 4.42 Å². The van der Waals surface area contributed by atoms with Gasteiger partial charge >= 0.3 is 0 Å². The molecule has 1 aliphatic heterocycles. The SMILES string of the molecule is Cc1ccc(S(=O)(=O)N2CCN(Cn3nc(-c4cccs4)oc3=S)CC2)cc1. The summed E-state index contributed by atoms with van der Waals surface area (Å²) < 4.78 is 34.4. The zero-order chi connectivity index (χ0) is 19.7. The molecule has 4 rings (SSSR count). The first-order valence-corrected chi connectivity index (χ1v) is 11.6. The van der Waals surface area contributed by atoms with E-state index in [9.17, 15) is 8.42 Å². The number of hydrogen-bond acceptors (Lipinski definition) is 7. The third-order valence-electron chi connectivity index (χ3n) is 4.66. The zero-order valence-corrected chi connectivity index (χ0v) is 17.8. The minimum Gasteiger partial charge on any atom is -0.408 e. The lowest BCUT2D eigenvalue weighted by Crippen LogP contribution is -2.48. The van der Waals surface area contributed by atoms with E-state index in [0.717, 1.165) is 10.4 Å². The number of aryl methyl sites for hydroxylation is 1. The molecule has 1 fully saturated rings. The number of piperazine rings is 1. The molecular weight excluding hydrogens is 416 g/mol. The van der Waals surface area contributed by atoms with Gasteiger partial charge in [-0.3, -0.25) is 4.90 Å². The molecule has 0 N–H and O–H groups in total. The Kier molecular flexibility index (Phi) is 5.48. The normalized spacial score (nSPS) is 16.5. The highest BCUT2D eigenvalue weighted by molar-refractivity contribution is 7.89. The number of rotatable bonds is 5. The first kappa shape index (κ1) is 19.5. The van der Waals surface area contributed by atoms with Crippen molar-refractivity contribution in [2.45, 2.75) is 18.5 Å². The Hall–Kier alpha value is -1.85. The predicted octanol–water partition coefficient (Wildman–Crippen LogP) is 3.21. The molecule has 0 radical (unpaired) electrons. The van der Waals surface area contributed by atoms with Crippen LogP contribution in [0.1, 0.15) is 5.56 Å². The summed E-state index contributed by atoms with van der Waals surface area (Å²) in [5.41, 5.74) is 1.04. The number of benzene rings is 1. The summed E-state index contributed by atoms with van der Waals surface area (Å²) in [4.78, 5) is 3.71. The fourth-order valence-corrected chi connectivity index (χ4v) is 5.30. The molecule has 148 valence electrons. The van der Waals surface area contributed by atoms with Gasteiger partial charge in [0.25, 0.3) is 10.7 Å². The average molecular weight is 437 g/mol. The van der Waals surface area contributed by atoms with Gasteiger partial charge in [0.1, 0.15) is 0 Å². The van der Waals surface area contributed by atoms with Gasteiger partial charge in [0.2, 0.25) is 10.0 Å². The molecule has 3 heterocycles. The summed E-state index contributed by atoms with van der Waals surface area (Å²) in [5.74, 6) is 0.514. The topological polar surface area (TPSA) is 71.6 Å². The molecule has 1 aliphatic rings. The molecule has 0 atom stereocenters. The minimum absolute atomic E-state index is 0.318. The number of nitrogens with zero attached hydrogens (tertiary/aromatic N) is 4. The maximum atomic E-state index is 12.8. The number of thiophene rings is 1. The largest absolute Gasteiger partial charge is 0.408 e. The van der Waals surface area contributed by atoms with Crippen molar-refractivity contribution in [2.75, 3.05) is 26.2 Å². The van der Waals surface area contributed by atoms with Crippen LogP contribution in [0.15, 0.2) is 51.1 Å². The lowest BCUT2D eigenvalue weighted by molar-refractivity contribution is 0.143. The highest BCUT2D eigenvalue weighted by atomic mass is 32.2. The van der Waals surface area contributed by atoms with Crippen molar-refractivity contribution in [3.05, 3.63) is 52.2 Å². The Balaban J connectivity index is 1.41. The third kappa shape index (κ3) is 3.96. The lowest BCUT2D eigenvalue weighted by atomic mass is 10.2. The van der Waals surface area contributed by atoms with Gasteiger partial charge in [-0.1, -0.05) is 23.8 Å². The number of hydrogen-bond donors (Lipinski definition) is 0. The third-order valence-corrected chi connectivity index (χ3v) is 7.73. The number of sulfonamides is 1. The van der Waals surface area contributed by atoms with Crippen molar-refractivity contribution in [2.24, 2.45) is 0 Å². The predicted molar refractivity (Wildman–Crippen MR) is 110 cm³/mol. The molecule has 10 heteroatoms. The van der Waals surface area contributed by atoms with Crippen LogP contribution in [0.4, 0.5) is 0 Å². The summed E-state index contributed by atoms with van der Waals surface area (Å²) in [7, 11) is -3.46. The molecule has 28 heavy (non-hydrogen) atoms. The highest BCUT2D eigenvalue weighted by Gasteiger charge is 2.28. The maximum Gasteiger partial charge on any atom is 0.288 e. The van der Waals surface area contributed by atoms with Crippen LogP contribution in [0.2, 0.25) is 0 Å². The molecule has 7 nitrogen and oxygen atoms in total. The van der Waals surface area contributed by atoms with Crippen LogP contribution in [-0.2, 0) is 16.7 Å². The first-order chi connectivity index (χ1) is 13.4. The Morgan fingerprint density at radius 3 is 2.50 bits per heavy atom. The van der Waals surface area contributed by atoms with E-state index in [0.29, 0.717) is 48.5 Å². The van der Waals surface area contributed by atoms with E-state index < -0.39 is 10.0 Å². The van der Waals surface area contributed by atoms with Gasteiger partial charge in [-0.25, -0.2) is 13.1 Å². The van der Waals surface area contributed by atoms with E-state index in [-0.39, 0.29) is 0 Å². The summed E-state index contributed by atoms with van der Waals surface area (Å²) in [5, 5.41) is 6.41. The number of aromatic nitrogens is 2. The van der Waals surface area contributed by atoms with E-state index in [1.165, 1.54) is 4.31 Å². The molecule has 3 aromatic rings. The molecule has 0 saturated carbocycles. The van der Waals surface area contributed by atoms with Crippen LogP contribution >= 0.6 is 23.6 Å². The monoisotopic (exact) mass is 436 g/mol. The van der Waals surface area contributed by atoms with Gasteiger partial charge in [0, 0.05) is 26.2 Å². The summed E-state index contributed by atoms with van der Waals surface area (Å²) >= 11 is 6.82. The highest BCUT2D eigenvalue weighted by Crippen LogP contribution is 2.23. The molecule has 0 bridgehead atoms. The Morgan fingerprint density at radius 1 is 1.14 bits per heavy atom. The van der Waals surface area contributed by atoms with Gasteiger partial charge in [-0.05, 0) is 42.7 Å². The molecule has 0 aliphatic carbocycles. The first-order valence-electron chi connectivity index (χ1n) is 8.84. The Morgan fingerprint density at radius 2 is 1.86 bits per heavy atom. The minimum atomic E-state index is -3.46. The Labute approximate surface area is 172 Å². The van der Waals surface area contributed by atoms with E-state index in [1.807, 2.05) is 36.6 Å². The van der Waals surface area contributed by atoms with E-state index >= 15 is 0 Å². The fourth-order valence-electron chi connectivity index (χ4n) is 3.06. The summed E-state index contributed by atoms with van der Waals surface area (Å²) in [6.45, 7) is 4.49. The van der Waals surface area contributed by atoms with E-state index in [4.69, 9.17) is 16.6 Å². The molecule has 0 unspecified atom stereocenters. The second-order valence-electron chi connectivity index (χ2n) is 6.63. The van der Waals surface area contributed by atoms with Crippen molar-refractivity contribution >= 4 is 33.6 Å². The quantitative estimate of drug-likeness (QED) is 0.572. The lowest BCUT2D eigenvalue weighted by Gasteiger charge is -2.33. The average Bonchev–Trinajstić information content (AvgIpc) is 3.33. The van der Waals surface area contributed by atoms with Crippen LogP contribution in [0.25, 0.3) is 10.8 Å². The summed E-state index contributed by atoms with van der Waals surface area (Å²) in [6.07, 6.45) is 0. The molecular formula is C18H20N4O3S3. The van der Waals surface area contributed by atoms with E-state index in [1.54, 1.807) is 28.2 Å². The van der Waals surface area contributed by atoms with Crippen molar-refractivity contribution < 1.29 is 12.8 Å². The van der Waals surface area contributed by atoms with Crippen molar-refractivity contribution in [3.8, 4) is 10.8 Å². The molecule has 0 amide bonds. The fraction of sp³-hybridized carbons (Fsp3) is 0.333. The van der Waals surface area contributed by atoms with E-state index in [2.05, 4.69) is 10.00 Å². The zero-order valence-electron chi connectivity index (χ0n) is 15.3. The second kappa shape index (κ2) is 7.88. The molecule has 2 aromatic heterocycles. The van der Waals surface area contributed by atoms with Crippen LogP contribution in [0.5, 0.6) is 0 Å². The maximum absolute atomic E-state index is 12.8. The molecule has 0 spiro atoms. The van der Waals surface area contributed by atoms with Gasteiger partial charge in [0.05, 0.1) is 16.4 Å². The van der Waals surface area contributed by atoms with Crippen LogP contribution in [0.3, 0.4) is 0 Å². The van der Waals surface area contributed by atoms with Crippen LogP contribution in [-0.4, -0.2) is 53.6 Å². The van der Waals surface area contributed by atoms with Crippen molar-refractivity contribution in [1.82, 2.24) is 19.0 Å². The van der Waals surface area contributed by atoms with Crippen molar-refractivity contribution in [1.29, 1.82) is 0 Å². The standard InChI is InChI=1S/C18H20N4O3S3/c1-14-4-6-15(7-5-14)28(23,24)21-10-8-20(9-11-21)13-22-18(26)25-17(19-22)16-3-2-12-27-16/h2-7,12H,8-11,13H2,1H3. The summed E-state index contributed by atoms with van der Waals surface area (Å²) in [6, 6.07) is 10.8. The van der Waals surface area contributed by atoms with Crippen LogP contribution in [0, 0.1) is 11.8 Å². The smallest absolute Gasteiger partial charge is 0.288 e. The van der Waals surface area contributed by atoms with Gasteiger partial charge in [-0.2, -0.15) is 4.31 Å². The van der Waals surface area contributed by atoms with Crippen LogP contribution < -0.4 is 0 Å². The molecule has 1 aromatic carbocycles. The second-order valence-corrected chi connectivity index (χ2v) is 9.86. The molecule has 1 saturated heterocycles. The van der Waals surface area contributed by atoms with Crippen molar-refractivity contribution in [3.63, 3.8) is 0 Å². The van der Waals surface area contributed by atoms with Gasteiger partial charge in [0.15, 0.2) is 0 Å². The Bertz CT molecular complexity index is 1090. The van der Waals surface area contributed by atoms with Gasteiger partial charge in [-0.15, -0.1) is 16.4 Å².